The molecule has 3 rings (SSSR count). The van der Waals surface area contributed by atoms with Gasteiger partial charge in [-0.1, -0.05) is 76.3 Å². The van der Waals surface area contributed by atoms with Gasteiger partial charge in [-0.2, -0.15) is 0 Å². The van der Waals surface area contributed by atoms with E-state index in [-0.39, 0.29) is 6.04 Å². The van der Waals surface area contributed by atoms with Crippen LogP contribution in [0.25, 0.3) is 23.9 Å². The van der Waals surface area contributed by atoms with Crippen LogP contribution in [-0.2, 0) is 0 Å². The topological polar surface area (TPSA) is 56.6 Å². The standard InChI is InChI=1S/C40H56N6/c1-12-14-24-39(31(7)41-10)46-32(8)36-22-17-23-37(40(36)33(46)9)42-25-18-20-30(6)45(11)26-38-34(13-2)35(28(3)4)21-16-15-19-29(5)43-27-44-38/h12,17,21-23,27,39,41-42H,1,3,5-9,13-16,18-20,24-26H2,2,4,10-11H3,(H,43,44)/b35-21-,38-34-. The number of likely N-dealkylation sites (N-methyl/N-ethyl adjacent to an activating group) is 2. The van der Waals surface area contributed by atoms with Crippen LogP contribution in [0.1, 0.15) is 71.3 Å². The zero-order valence-electron chi connectivity index (χ0n) is 28.9. The van der Waals surface area contributed by atoms with Crippen LogP contribution in [0.4, 0.5) is 5.69 Å². The minimum atomic E-state index is 0.0439. The van der Waals surface area contributed by atoms with Crippen LogP contribution in [-0.4, -0.2) is 43.0 Å². The van der Waals surface area contributed by atoms with Crippen molar-refractivity contribution in [3.63, 3.8) is 0 Å². The smallest absolute Gasteiger partial charge is 0.0924 e. The monoisotopic (exact) mass is 620 g/mol. The van der Waals surface area contributed by atoms with Crippen molar-refractivity contribution in [3.8, 4) is 0 Å². The maximum Gasteiger partial charge on any atom is 0.0924 e. The average molecular weight is 621 g/mol. The second kappa shape index (κ2) is 17.3. The zero-order valence-corrected chi connectivity index (χ0v) is 28.9. The molecule has 1 aromatic carbocycles. The molecular formula is C40H56N6. The fourth-order valence-electron chi connectivity index (χ4n) is 6.14. The number of aliphatic imine (C=N–C) groups is 1. The lowest BCUT2D eigenvalue weighted by molar-refractivity contribution is 0.430. The molecule has 0 radical (unpaired) electrons. The second-order valence-corrected chi connectivity index (χ2v) is 12.2. The Kier molecular flexibility index (Phi) is 13.5. The summed E-state index contributed by atoms with van der Waals surface area (Å²) in [5.74, 6) is 0. The first-order valence-corrected chi connectivity index (χ1v) is 16.5. The molecule has 0 bridgehead atoms. The van der Waals surface area contributed by atoms with Crippen molar-refractivity contribution in [2.45, 2.75) is 71.3 Å². The van der Waals surface area contributed by atoms with E-state index in [0.29, 0.717) is 6.54 Å². The number of hydrogen-bond acceptors (Lipinski definition) is 5. The molecule has 1 aromatic heterocycles. The summed E-state index contributed by atoms with van der Waals surface area (Å²) in [6.45, 7) is 35.8. The van der Waals surface area contributed by atoms with E-state index in [0.717, 1.165) is 113 Å². The molecule has 1 aliphatic rings. The Morgan fingerprint density at radius 3 is 2.61 bits per heavy atom. The predicted octanol–water partition coefficient (Wildman–Crippen LogP) is 7.82. The van der Waals surface area contributed by atoms with E-state index in [1.54, 1.807) is 6.34 Å². The summed E-state index contributed by atoms with van der Waals surface area (Å²) in [6, 6.07) is 6.38. The summed E-state index contributed by atoms with van der Waals surface area (Å²) in [6.07, 6.45) is 13.4. The van der Waals surface area contributed by atoms with Crippen molar-refractivity contribution in [1.29, 1.82) is 0 Å². The number of rotatable bonds is 16. The highest BCUT2D eigenvalue weighted by atomic mass is 15.1. The first-order valence-electron chi connectivity index (χ1n) is 16.5. The number of allylic oxidation sites excluding steroid dienone is 8. The van der Waals surface area contributed by atoms with Gasteiger partial charge in [-0.25, -0.2) is 4.99 Å². The molecule has 0 saturated carbocycles. The van der Waals surface area contributed by atoms with E-state index < -0.39 is 0 Å². The van der Waals surface area contributed by atoms with Gasteiger partial charge in [-0.15, -0.1) is 6.58 Å². The first kappa shape index (κ1) is 36.0. The summed E-state index contributed by atoms with van der Waals surface area (Å²) < 4.78 is 2.22. The molecule has 1 unspecified atom stereocenters. The van der Waals surface area contributed by atoms with Gasteiger partial charge in [0.15, 0.2) is 0 Å². The highest BCUT2D eigenvalue weighted by Crippen LogP contribution is 2.28. The molecule has 1 aliphatic heterocycles. The molecule has 46 heavy (non-hydrogen) atoms. The number of fused-ring (bicyclic) bond motifs is 1. The SMILES string of the molecule is C=CCCC(C(=C)NC)n1c(=C)c2cccc(NCCCC(=C)N(C)CC3=C(CC)/C(C(=C)C)=C\CCCC(=C)N\C=N\3)c2c1=C. The van der Waals surface area contributed by atoms with Crippen LogP contribution in [0.2, 0.25) is 0 Å². The molecule has 0 spiro atoms. The maximum atomic E-state index is 4.89. The van der Waals surface area contributed by atoms with E-state index in [2.05, 4.69) is 117 Å². The lowest BCUT2D eigenvalue weighted by Gasteiger charge is -2.24. The molecule has 1 atom stereocenters. The maximum absolute atomic E-state index is 4.89. The minimum Gasteiger partial charge on any atom is -0.390 e. The fraction of sp³-hybridized carbons (Fsp3) is 0.375. The van der Waals surface area contributed by atoms with E-state index in [1.807, 2.05) is 13.1 Å². The highest BCUT2D eigenvalue weighted by Gasteiger charge is 2.19. The number of aromatic nitrogens is 1. The van der Waals surface area contributed by atoms with Gasteiger partial charge in [0.2, 0.25) is 0 Å². The van der Waals surface area contributed by atoms with Crippen LogP contribution < -0.4 is 26.6 Å². The van der Waals surface area contributed by atoms with Crippen LogP contribution >= 0.6 is 0 Å². The first-order chi connectivity index (χ1) is 22.0. The highest BCUT2D eigenvalue weighted by molar-refractivity contribution is 5.94. The molecule has 0 saturated heterocycles. The van der Waals surface area contributed by atoms with Gasteiger partial charge in [-0.3, -0.25) is 0 Å². The van der Waals surface area contributed by atoms with Crippen molar-refractivity contribution < 1.29 is 0 Å². The Morgan fingerprint density at radius 1 is 1.17 bits per heavy atom. The van der Waals surface area contributed by atoms with Gasteiger partial charge in [0.25, 0.3) is 0 Å². The molecule has 6 heteroatoms. The Hall–Kier alpha value is -4.45. The molecule has 246 valence electrons. The molecule has 0 fully saturated rings. The molecule has 0 aliphatic carbocycles. The van der Waals surface area contributed by atoms with Gasteiger partial charge < -0.3 is 25.4 Å². The quantitative estimate of drug-likeness (QED) is 0.132. The molecule has 2 heterocycles. The Bertz CT molecular complexity index is 1650. The van der Waals surface area contributed by atoms with E-state index in [4.69, 9.17) is 4.99 Å². The lowest BCUT2D eigenvalue weighted by atomic mass is 9.94. The third-order valence-corrected chi connectivity index (χ3v) is 8.82. The third-order valence-electron chi connectivity index (χ3n) is 8.82. The molecule has 2 aromatic rings. The third kappa shape index (κ3) is 8.84. The fourth-order valence-corrected chi connectivity index (χ4v) is 6.14. The van der Waals surface area contributed by atoms with E-state index >= 15 is 0 Å². The van der Waals surface area contributed by atoms with Crippen molar-refractivity contribution in [1.82, 2.24) is 20.1 Å². The number of nitrogens with one attached hydrogen (secondary N) is 3. The summed E-state index contributed by atoms with van der Waals surface area (Å²) in [5, 5.41) is 14.3. The van der Waals surface area contributed by atoms with Gasteiger partial charge in [0.05, 0.1) is 24.6 Å². The Labute approximate surface area is 277 Å². The molecule has 0 amide bonds. The van der Waals surface area contributed by atoms with Crippen LogP contribution in [0.3, 0.4) is 0 Å². The lowest BCUT2D eigenvalue weighted by Crippen LogP contribution is -2.33. The van der Waals surface area contributed by atoms with E-state index in [1.165, 1.54) is 11.1 Å². The van der Waals surface area contributed by atoms with Crippen molar-refractivity contribution in [3.05, 3.63) is 113 Å². The number of benzene rings is 1. The van der Waals surface area contributed by atoms with Crippen molar-refractivity contribution >= 4 is 36.0 Å². The van der Waals surface area contributed by atoms with Gasteiger partial charge in [0, 0.05) is 64.9 Å². The summed E-state index contributed by atoms with van der Waals surface area (Å²) in [5.41, 5.74) is 8.62. The average Bonchev–Trinajstić information content (AvgIpc) is 3.27. The Balaban J connectivity index is 1.74. The molecule has 3 N–H and O–H groups in total. The van der Waals surface area contributed by atoms with Crippen LogP contribution in [0, 0.1) is 0 Å². The minimum absolute atomic E-state index is 0.0439. The summed E-state index contributed by atoms with van der Waals surface area (Å²) in [7, 11) is 4.01. The summed E-state index contributed by atoms with van der Waals surface area (Å²) in [4.78, 5) is 7.11. The molecule has 6 nitrogen and oxygen atoms in total. The second-order valence-electron chi connectivity index (χ2n) is 12.2. The van der Waals surface area contributed by atoms with Crippen LogP contribution in [0.15, 0.2) is 108 Å². The number of anilines is 1. The summed E-state index contributed by atoms with van der Waals surface area (Å²) >= 11 is 0. The van der Waals surface area contributed by atoms with Crippen molar-refractivity contribution in [2.75, 3.05) is 32.5 Å². The largest absolute Gasteiger partial charge is 0.390 e. The predicted molar refractivity (Wildman–Crippen MR) is 203 cm³/mol. The van der Waals surface area contributed by atoms with E-state index in [9.17, 15) is 0 Å². The van der Waals surface area contributed by atoms with Crippen molar-refractivity contribution in [2.24, 2.45) is 4.99 Å². The zero-order chi connectivity index (χ0) is 33.8. The van der Waals surface area contributed by atoms with Gasteiger partial charge in [0.1, 0.15) is 0 Å². The number of nitrogens with zero attached hydrogens (tertiary/aromatic N) is 3. The number of hydrogen-bond donors (Lipinski definition) is 3. The normalized spacial score (nSPS) is 18.0. The van der Waals surface area contributed by atoms with Gasteiger partial charge >= 0.3 is 0 Å². The van der Waals surface area contributed by atoms with Gasteiger partial charge in [-0.05, 0) is 75.5 Å². The molecular weight excluding hydrogens is 564 g/mol. The van der Waals surface area contributed by atoms with Crippen LogP contribution in [0.5, 0.6) is 0 Å². The Morgan fingerprint density at radius 2 is 1.93 bits per heavy atom.